The van der Waals surface area contributed by atoms with Crippen LogP contribution in [0.3, 0.4) is 0 Å². The first-order valence-electron chi connectivity index (χ1n) is 13.8. The summed E-state index contributed by atoms with van der Waals surface area (Å²) in [7, 11) is 1.63. The number of aromatic hydroxyl groups is 1. The third-order valence-electron chi connectivity index (χ3n) is 8.76. The molecule has 4 heterocycles. The third kappa shape index (κ3) is 4.27. The highest BCUT2D eigenvalue weighted by Gasteiger charge is 2.56. The Morgan fingerprint density at radius 1 is 1.10 bits per heavy atom. The summed E-state index contributed by atoms with van der Waals surface area (Å²) in [5, 5.41) is 11.3. The molecule has 0 spiro atoms. The van der Waals surface area contributed by atoms with Crippen molar-refractivity contribution < 1.29 is 24.2 Å². The third-order valence-corrected chi connectivity index (χ3v) is 8.76. The van der Waals surface area contributed by atoms with Gasteiger partial charge in [0.15, 0.2) is 0 Å². The first kappa shape index (κ1) is 26.2. The van der Waals surface area contributed by atoms with Crippen LogP contribution in [0.15, 0.2) is 42.5 Å². The monoisotopic (exact) mass is 545 g/mol. The molecule has 6 rings (SSSR count). The lowest BCUT2D eigenvalue weighted by molar-refractivity contribution is -0.167. The number of fused-ring (bicyclic) bond motifs is 4. The van der Waals surface area contributed by atoms with E-state index in [0.29, 0.717) is 38.3 Å². The van der Waals surface area contributed by atoms with Gasteiger partial charge in [0, 0.05) is 69.2 Å². The molecule has 2 fully saturated rings. The maximum absolute atomic E-state index is 14.3. The molecule has 10 heteroatoms. The number of carbonyl (C=O) groups is 3. The van der Waals surface area contributed by atoms with E-state index in [4.69, 9.17) is 4.74 Å². The second-order valence-electron chi connectivity index (χ2n) is 11.2. The fourth-order valence-corrected chi connectivity index (χ4v) is 6.63. The predicted octanol–water partition coefficient (Wildman–Crippen LogP) is 2.12. The van der Waals surface area contributed by atoms with E-state index in [2.05, 4.69) is 9.88 Å². The van der Waals surface area contributed by atoms with E-state index in [9.17, 15) is 19.5 Å². The van der Waals surface area contributed by atoms with Gasteiger partial charge in [-0.25, -0.2) is 0 Å². The zero-order chi connectivity index (χ0) is 28.2. The lowest BCUT2D eigenvalue weighted by atomic mass is 9.78. The van der Waals surface area contributed by atoms with Crippen molar-refractivity contribution in [2.75, 3.05) is 52.9 Å². The largest absolute Gasteiger partial charge is 0.508 e. The van der Waals surface area contributed by atoms with Crippen LogP contribution in [0.5, 0.6) is 11.5 Å². The molecule has 3 amide bonds. The fourth-order valence-electron chi connectivity index (χ4n) is 6.63. The average Bonchev–Trinajstić information content (AvgIpc) is 3.30. The van der Waals surface area contributed by atoms with E-state index in [1.165, 1.54) is 0 Å². The highest BCUT2D eigenvalue weighted by molar-refractivity contribution is 6.00. The average molecular weight is 546 g/mol. The number of nitrogens with one attached hydrogen (secondary N) is 1. The van der Waals surface area contributed by atoms with Crippen molar-refractivity contribution in [3.63, 3.8) is 0 Å². The van der Waals surface area contributed by atoms with Crippen LogP contribution in [0, 0.1) is 0 Å². The molecule has 210 valence electrons. The van der Waals surface area contributed by atoms with E-state index >= 15 is 0 Å². The van der Waals surface area contributed by atoms with Crippen LogP contribution in [-0.4, -0.2) is 106 Å². The predicted molar refractivity (Wildman–Crippen MR) is 149 cm³/mol. The van der Waals surface area contributed by atoms with Gasteiger partial charge in [0.25, 0.3) is 0 Å². The van der Waals surface area contributed by atoms with Crippen molar-refractivity contribution in [2.24, 2.45) is 0 Å². The number of piperazine rings is 2. The molecular weight excluding hydrogens is 510 g/mol. The van der Waals surface area contributed by atoms with Crippen molar-refractivity contribution in [1.29, 1.82) is 0 Å². The van der Waals surface area contributed by atoms with Gasteiger partial charge in [-0.3, -0.25) is 19.3 Å². The van der Waals surface area contributed by atoms with Crippen molar-refractivity contribution in [3.05, 3.63) is 59.3 Å². The number of aromatic amines is 1. The first-order valence-corrected chi connectivity index (χ1v) is 13.8. The van der Waals surface area contributed by atoms with Gasteiger partial charge in [0.1, 0.15) is 17.0 Å². The minimum absolute atomic E-state index is 0.000530. The summed E-state index contributed by atoms with van der Waals surface area (Å²) in [5.41, 5.74) is 2.36. The Balaban J connectivity index is 1.35. The number of ether oxygens (including phenoxy) is 1. The van der Waals surface area contributed by atoms with Crippen LogP contribution >= 0.6 is 0 Å². The van der Waals surface area contributed by atoms with Gasteiger partial charge in [0.2, 0.25) is 17.7 Å². The molecular formula is C30H35N5O5. The second kappa shape index (κ2) is 9.85. The van der Waals surface area contributed by atoms with Crippen molar-refractivity contribution in [3.8, 4) is 11.5 Å². The number of hydrogen-bond acceptors (Lipinski definition) is 6. The van der Waals surface area contributed by atoms with E-state index < -0.39 is 11.6 Å². The molecule has 0 aliphatic carbocycles. The Kier molecular flexibility index (Phi) is 6.45. The smallest absolute Gasteiger partial charge is 0.249 e. The summed E-state index contributed by atoms with van der Waals surface area (Å²) in [6, 6.07) is 12.2. The van der Waals surface area contributed by atoms with E-state index in [0.717, 1.165) is 40.8 Å². The SMILES string of the molecule is COc1ccc2[nH]c3c(c2c1)C[C@@]1(C)C(=O)N(CCN2CCN(C(C)=O)CC2)CC(=O)N1[C@@H]3c1cccc(O)c1. The summed E-state index contributed by atoms with van der Waals surface area (Å²) in [5.74, 6) is 0.693. The van der Waals surface area contributed by atoms with Crippen molar-refractivity contribution >= 4 is 28.6 Å². The number of carbonyl (C=O) groups excluding carboxylic acids is 3. The molecule has 3 aliphatic rings. The number of aromatic nitrogens is 1. The Morgan fingerprint density at radius 2 is 1.88 bits per heavy atom. The molecule has 10 nitrogen and oxygen atoms in total. The molecule has 2 aromatic carbocycles. The van der Waals surface area contributed by atoms with Gasteiger partial charge in [-0.15, -0.1) is 0 Å². The normalized spacial score (nSPS) is 23.4. The van der Waals surface area contributed by atoms with Crippen LogP contribution in [0.4, 0.5) is 0 Å². The zero-order valence-corrected chi connectivity index (χ0v) is 23.1. The Morgan fingerprint density at radius 3 is 2.58 bits per heavy atom. The highest BCUT2D eigenvalue weighted by atomic mass is 16.5. The number of phenols is 1. The summed E-state index contributed by atoms with van der Waals surface area (Å²) >= 11 is 0. The molecule has 0 radical (unpaired) electrons. The minimum Gasteiger partial charge on any atom is -0.508 e. The summed E-state index contributed by atoms with van der Waals surface area (Å²) < 4.78 is 5.49. The quantitative estimate of drug-likeness (QED) is 0.509. The number of benzene rings is 2. The lowest BCUT2D eigenvalue weighted by Gasteiger charge is -2.53. The van der Waals surface area contributed by atoms with Gasteiger partial charge < -0.3 is 29.5 Å². The Hall–Kier alpha value is -4.05. The maximum atomic E-state index is 14.3. The number of H-pyrrole nitrogens is 1. The topological polar surface area (TPSA) is 109 Å². The first-order chi connectivity index (χ1) is 19.2. The Labute approximate surface area is 233 Å². The lowest BCUT2D eigenvalue weighted by Crippen LogP contribution is -2.70. The van der Waals surface area contributed by atoms with E-state index in [-0.39, 0.29) is 30.0 Å². The molecule has 3 aromatic rings. The molecule has 0 bridgehead atoms. The van der Waals surface area contributed by atoms with Crippen molar-refractivity contribution in [2.45, 2.75) is 31.8 Å². The number of rotatable bonds is 5. The molecule has 2 N–H and O–H groups in total. The standard InChI is InChI=1S/C30H35N5O5/c1-19(36)33-12-9-32(10-13-33)11-14-34-18-26(38)35-28(20-5-4-6-21(37)15-20)27-24(17-30(35,2)29(34)39)23-16-22(40-3)7-8-25(23)31-27/h4-8,15-16,28,31,37H,9-14,17-18H2,1-3H3/t28-,30+/m1/s1. The summed E-state index contributed by atoms with van der Waals surface area (Å²) in [6.45, 7) is 7.38. The van der Waals surface area contributed by atoms with Crippen molar-refractivity contribution in [1.82, 2.24) is 24.6 Å². The van der Waals surface area contributed by atoms with Crippen LogP contribution < -0.4 is 4.74 Å². The summed E-state index contributed by atoms with van der Waals surface area (Å²) in [4.78, 5) is 50.9. The number of phenolic OH excluding ortho intramolecular Hbond substituents is 1. The van der Waals surface area contributed by atoms with E-state index in [1.807, 2.05) is 36.1 Å². The Bertz CT molecular complexity index is 1490. The fraction of sp³-hybridized carbons (Fsp3) is 0.433. The van der Waals surface area contributed by atoms with Gasteiger partial charge in [-0.1, -0.05) is 12.1 Å². The van der Waals surface area contributed by atoms with Crippen LogP contribution in [0.2, 0.25) is 0 Å². The van der Waals surface area contributed by atoms with Crippen LogP contribution in [-0.2, 0) is 20.8 Å². The number of methoxy groups -OCH3 is 1. The van der Waals surface area contributed by atoms with Gasteiger partial charge in [0.05, 0.1) is 19.7 Å². The molecule has 1 aromatic heterocycles. The minimum atomic E-state index is -1.11. The molecule has 0 unspecified atom stereocenters. The molecule has 0 saturated carbocycles. The van der Waals surface area contributed by atoms with E-state index in [1.54, 1.807) is 42.0 Å². The maximum Gasteiger partial charge on any atom is 0.249 e. The summed E-state index contributed by atoms with van der Waals surface area (Å²) in [6.07, 6.45) is 0.364. The van der Waals surface area contributed by atoms with Crippen LogP contribution in [0.25, 0.3) is 10.9 Å². The highest BCUT2D eigenvalue weighted by Crippen LogP contribution is 2.47. The molecule has 3 aliphatic heterocycles. The zero-order valence-electron chi connectivity index (χ0n) is 23.1. The van der Waals surface area contributed by atoms with Gasteiger partial charge >= 0.3 is 0 Å². The molecule has 2 atom stereocenters. The second-order valence-corrected chi connectivity index (χ2v) is 11.2. The number of hydrogen-bond donors (Lipinski definition) is 2. The number of amides is 3. The van der Waals surface area contributed by atoms with Gasteiger partial charge in [-0.05, 0) is 48.4 Å². The van der Waals surface area contributed by atoms with Gasteiger partial charge in [-0.2, -0.15) is 0 Å². The molecule has 2 saturated heterocycles. The van der Waals surface area contributed by atoms with Crippen LogP contribution in [0.1, 0.15) is 36.7 Å². The number of nitrogens with zero attached hydrogens (tertiary/aromatic N) is 4. The molecule has 40 heavy (non-hydrogen) atoms.